The third-order valence-corrected chi connectivity index (χ3v) is 4.84. The average Bonchev–Trinajstić information content (AvgIpc) is 2.96. The SMILES string of the molecule is CN(CC(=O)Nc1cc(Cl)ccc1[N+](=O)[O-])Cc1nc2ccccc2s1. The fourth-order valence-corrected chi connectivity index (χ4v) is 3.70. The molecule has 26 heavy (non-hydrogen) atoms. The van der Waals surface area contributed by atoms with Crippen molar-refractivity contribution >= 4 is 50.4 Å². The van der Waals surface area contributed by atoms with E-state index in [9.17, 15) is 14.9 Å². The number of halogens is 1. The van der Waals surface area contributed by atoms with Crippen LogP contribution in [-0.4, -0.2) is 34.3 Å². The van der Waals surface area contributed by atoms with Gasteiger partial charge in [-0.15, -0.1) is 11.3 Å². The van der Waals surface area contributed by atoms with Gasteiger partial charge in [-0.1, -0.05) is 23.7 Å². The molecule has 134 valence electrons. The summed E-state index contributed by atoms with van der Waals surface area (Å²) in [5.74, 6) is -0.362. The number of nitrogens with zero attached hydrogens (tertiary/aromatic N) is 3. The molecule has 0 aliphatic heterocycles. The summed E-state index contributed by atoms with van der Waals surface area (Å²) in [6.45, 7) is 0.573. The molecular weight excluding hydrogens is 376 g/mol. The van der Waals surface area contributed by atoms with Crippen molar-refractivity contribution in [2.75, 3.05) is 18.9 Å². The Balaban J connectivity index is 1.64. The summed E-state index contributed by atoms with van der Waals surface area (Å²) in [6, 6.07) is 11.9. The van der Waals surface area contributed by atoms with Crippen LogP contribution in [0.4, 0.5) is 11.4 Å². The summed E-state index contributed by atoms with van der Waals surface area (Å²) >= 11 is 7.44. The van der Waals surface area contributed by atoms with E-state index in [1.807, 2.05) is 24.3 Å². The molecule has 1 amide bonds. The van der Waals surface area contributed by atoms with Crippen molar-refractivity contribution in [1.29, 1.82) is 0 Å². The number of para-hydroxylation sites is 1. The Labute approximate surface area is 158 Å². The molecule has 3 rings (SSSR count). The van der Waals surface area contributed by atoms with Crippen LogP contribution in [0.2, 0.25) is 5.02 Å². The van der Waals surface area contributed by atoms with Gasteiger partial charge in [0.25, 0.3) is 5.69 Å². The van der Waals surface area contributed by atoms with E-state index in [4.69, 9.17) is 11.6 Å². The summed E-state index contributed by atoms with van der Waals surface area (Å²) in [5.41, 5.74) is 0.817. The zero-order chi connectivity index (χ0) is 18.7. The highest BCUT2D eigenvalue weighted by molar-refractivity contribution is 7.18. The van der Waals surface area contributed by atoms with E-state index in [1.54, 1.807) is 23.3 Å². The summed E-state index contributed by atoms with van der Waals surface area (Å²) in [5, 5.41) is 14.8. The number of anilines is 1. The van der Waals surface area contributed by atoms with Gasteiger partial charge in [0, 0.05) is 11.1 Å². The minimum Gasteiger partial charge on any atom is -0.319 e. The van der Waals surface area contributed by atoms with Crippen LogP contribution in [0.15, 0.2) is 42.5 Å². The number of nitro benzene ring substituents is 1. The lowest BCUT2D eigenvalue weighted by molar-refractivity contribution is -0.383. The molecule has 0 saturated carbocycles. The van der Waals surface area contributed by atoms with E-state index in [1.165, 1.54) is 18.2 Å². The van der Waals surface area contributed by atoms with Crippen molar-refractivity contribution in [3.63, 3.8) is 0 Å². The molecule has 0 radical (unpaired) electrons. The van der Waals surface area contributed by atoms with Gasteiger partial charge in [-0.2, -0.15) is 0 Å². The van der Waals surface area contributed by atoms with Gasteiger partial charge in [-0.05, 0) is 31.3 Å². The number of benzene rings is 2. The van der Waals surface area contributed by atoms with Gasteiger partial charge in [0.15, 0.2) is 0 Å². The number of hydrogen-bond acceptors (Lipinski definition) is 6. The van der Waals surface area contributed by atoms with Crippen LogP contribution in [0.1, 0.15) is 5.01 Å². The first-order valence-corrected chi connectivity index (χ1v) is 8.88. The van der Waals surface area contributed by atoms with Crippen LogP contribution >= 0.6 is 22.9 Å². The topological polar surface area (TPSA) is 88.4 Å². The predicted octanol–water partition coefficient (Wildman–Crippen LogP) is 3.93. The number of aromatic nitrogens is 1. The van der Waals surface area contributed by atoms with E-state index in [0.29, 0.717) is 11.6 Å². The van der Waals surface area contributed by atoms with Crippen LogP contribution in [0.25, 0.3) is 10.2 Å². The number of nitro groups is 1. The number of fused-ring (bicyclic) bond motifs is 1. The molecule has 0 saturated heterocycles. The number of nitrogens with one attached hydrogen (secondary N) is 1. The molecule has 1 heterocycles. The number of carbonyl (C=O) groups excluding carboxylic acids is 1. The van der Waals surface area contributed by atoms with Crippen molar-refractivity contribution in [2.24, 2.45) is 0 Å². The lowest BCUT2D eigenvalue weighted by Crippen LogP contribution is -2.30. The Morgan fingerprint density at radius 3 is 2.85 bits per heavy atom. The summed E-state index contributed by atoms with van der Waals surface area (Å²) in [4.78, 5) is 29.1. The molecule has 0 atom stereocenters. The van der Waals surface area contributed by atoms with Crippen molar-refractivity contribution in [2.45, 2.75) is 6.54 Å². The maximum atomic E-state index is 12.2. The number of carbonyl (C=O) groups is 1. The van der Waals surface area contributed by atoms with Crippen molar-refractivity contribution < 1.29 is 9.72 Å². The van der Waals surface area contributed by atoms with Gasteiger partial charge < -0.3 is 5.32 Å². The lowest BCUT2D eigenvalue weighted by atomic mass is 10.2. The highest BCUT2D eigenvalue weighted by Gasteiger charge is 2.17. The number of rotatable bonds is 6. The molecule has 1 N–H and O–H groups in total. The Kier molecular flexibility index (Phi) is 5.46. The molecule has 7 nitrogen and oxygen atoms in total. The highest BCUT2D eigenvalue weighted by Crippen LogP contribution is 2.27. The Morgan fingerprint density at radius 1 is 1.35 bits per heavy atom. The lowest BCUT2D eigenvalue weighted by Gasteiger charge is -2.14. The zero-order valence-electron chi connectivity index (χ0n) is 13.8. The summed E-state index contributed by atoms with van der Waals surface area (Å²) < 4.78 is 1.09. The quantitative estimate of drug-likeness (QED) is 0.509. The Morgan fingerprint density at radius 2 is 2.12 bits per heavy atom. The van der Waals surface area contributed by atoms with E-state index in [-0.39, 0.29) is 23.8 Å². The van der Waals surface area contributed by atoms with Gasteiger partial charge in [0.1, 0.15) is 10.7 Å². The minimum absolute atomic E-state index is 0.0690. The molecule has 0 fully saturated rings. The van der Waals surface area contributed by atoms with Crippen molar-refractivity contribution in [1.82, 2.24) is 9.88 Å². The standard InChI is InChI=1S/C17H15ClN4O3S/c1-21(10-17-20-12-4-2-3-5-15(12)26-17)9-16(23)19-13-8-11(18)6-7-14(13)22(24)25/h2-8H,9-10H2,1H3,(H,19,23). The smallest absolute Gasteiger partial charge is 0.292 e. The van der Waals surface area contributed by atoms with Gasteiger partial charge in [0.2, 0.25) is 5.91 Å². The number of likely N-dealkylation sites (N-methyl/N-ethyl adjacent to an activating group) is 1. The number of hydrogen-bond donors (Lipinski definition) is 1. The van der Waals surface area contributed by atoms with Crippen LogP contribution < -0.4 is 5.32 Å². The van der Waals surface area contributed by atoms with E-state index in [0.717, 1.165) is 15.2 Å². The Bertz CT molecular complexity index is 943. The molecule has 0 unspecified atom stereocenters. The van der Waals surface area contributed by atoms with Gasteiger partial charge in [0.05, 0.1) is 28.2 Å². The monoisotopic (exact) mass is 390 g/mol. The van der Waals surface area contributed by atoms with E-state index < -0.39 is 4.92 Å². The molecule has 9 heteroatoms. The zero-order valence-corrected chi connectivity index (χ0v) is 15.4. The van der Waals surface area contributed by atoms with Crippen molar-refractivity contribution in [3.8, 4) is 0 Å². The predicted molar refractivity (Wildman–Crippen MR) is 103 cm³/mol. The Hall–Kier alpha value is -2.55. The number of amides is 1. The first-order chi connectivity index (χ1) is 12.4. The first kappa shape index (κ1) is 18.2. The van der Waals surface area contributed by atoms with Crippen molar-refractivity contribution in [3.05, 3.63) is 62.6 Å². The highest BCUT2D eigenvalue weighted by atomic mass is 35.5. The molecular formula is C17H15ClN4O3S. The van der Waals surface area contributed by atoms with Crippen LogP contribution in [0.5, 0.6) is 0 Å². The van der Waals surface area contributed by atoms with Crippen LogP contribution in [0.3, 0.4) is 0 Å². The maximum absolute atomic E-state index is 12.2. The maximum Gasteiger partial charge on any atom is 0.292 e. The fourth-order valence-electron chi connectivity index (χ4n) is 2.48. The van der Waals surface area contributed by atoms with Crippen LogP contribution in [0, 0.1) is 10.1 Å². The number of thiazole rings is 1. The molecule has 2 aromatic carbocycles. The van der Waals surface area contributed by atoms with Gasteiger partial charge >= 0.3 is 0 Å². The summed E-state index contributed by atoms with van der Waals surface area (Å²) in [7, 11) is 1.79. The third-order valence-electron chi connectivity index (χ3n) is 3.59. The molecule has 3 aromatic rings. The van der Waals surface area contributed by atoms with Gasteiger partial charge in [-0.3, -0.25) is 19.8 Å². The normalized spacial score (nSPS) is 11.0. The second kappa shape index (κ2) is 7.77. The molecule has 0 bridgehead atoms. The first-order valence-electron chi connectivity index (χ1n) is 7.69. The fraction of sp³-hybridized carbons (Fsp3) is 0.176. The van der Waals surface area contributed by atoms with Crippen LogP contribution in [-0.2, 0) is 11.3 Å². The largest absolute Gasteiger partial charge is 0.319 e. The third kappa shape index (κ3) is 4.34. The summed E-state index contributed by atoms with van der Waals surface area (Å²) in [6.07, 6.45) is 0. The van der Waals surface area contributed by atoms with E-state index >= 15 is 0 Å². The average molecular weight is 391 g/mol. The molecule has 0 aliphatic rings. The molecule has 0 aliphatic carbocycles. The minimum atomic E-state index is -0.559. The molecule has 1 aromatic heterocycles. The second-order valence-corrected chi connectivity index (χ2v) is 7.27. The van der Waals surface area contributed by atoms with Gasteiger partial charge in [-0.25, -0.2) is 4.98 Å². The second-order valence-electron chi connectivity index (χ2n) is 5.71. The molecule has 0 spiro atoms. The van der Waals surface area contributed by atoms with E-state index in [2.05, 4.69) is 10.3 Å².